The van der Waals surface area contributed by atoms with Gasteiger partial charge in [0.15, 0.2) is 0 Å². The van der Waals surface area contributed by atoms with E-state index in [4.69, 9.17) is 0 Å². The molecule has 0 aromatic heterocycles. The number of alkyl halides is 3. The third-order valence-electron chi connectivity index (χ3n) is 3.62. The van der Waals surface area contributed by atoms with Gasteiger partial charge in [0.2, 0.25) is 0 Å². The quantitative estimate of drug-likeness (QED) is 0.629. The van der Waals surface area contributed by atoms with Crippen molar-refractivity contribution in [3.63, 3.8) is 0 Å². The zero-order valence-electron chi connectivity index (χ0n) is 15.4. The summed E-state index contributed by atoms with van der Waals surface area (Å²) in [7, 11) is 0. The molecule has 2 rings (SSSR count). The lowest BCUT2D eigenvalue weighted by Gasteiger charge is -2.13. The molecule has 0 saturated carbocycles. The Morgan fingerprint density at radius 1 is 1.08 bits per heavy atom. The molecular weight excluding hydrogens is 359 g/mol. The fourth-order valence-electron chi connectivity index (χ4n) is 2.37. The summed E-state index contributed by atoms with van der Waals surface area (Å²) in [6.07, 6.45) is -3.64. The second-order valence-electron chi connectivity index (χ2n) is 6.01. The molecule has 1 atom stereocenters. The molecule has 0 saturated heterocycles. The van der Waals surface area contributed by atoms with Crippen molar-refractivity contribution in [3.8, 4) is 0 Å². The molecule has 1 nitrogen and oxygen atoms in total. The number of hydrogen-bond donors (Lipinski definition) is 1. The number of hydrogen-bond acceptors (Lipinski definition) is 1. The van der Waals surface area contributed by atoms with E-state index in [9.17, 15) is 13.2 Å². The Bertz CT molecular complexity index is 654. The van der Waals surface area contributed by atoms with Crippen LogP contribution in [0.25, 0.3) is 5.57 Å². The second kappa shape index (κ2) is 11.8. The molecule has 1 unspecified atom stereocenters. The number of nitrogens with one attached hydrogen (secondary N) is 1. The summed E-state index contributed by atoms with van der Waals surface area (Å²) in [6.45, 7) is 10.6. The lowest BCUT2D eigenvalue weighted by molar-refractivity contribution is -0.137. The molecule has 2 aromatic rings. The van der Waals surface area contributed by atoms with E-state index in [0.29, 0.717) is 12.0 Å². The Morgan fingerprint density at radius 3 is 2.15 bits per heavy atom. The van der Waals surface area contributed by atoms with Gasteiger partial charge in [0.25, 0.3) is 0 Å². The molecule has 0 spiro atoms. The first-order valence-corrected chi connectivity index (χ1v) is 8.34. The van der Waals surface area contributed by atoms with Crippen LogP contribution in [0.3, 0.4) is 0 Å². The zero-order valence-corrected chi connectivity index (χ0v) is 16.3. The van der Waals surface area contributed by atoms with Crippen LogP contribution in [0.1, 0.15) is 37.5 Å². The summed E-state index contributed by atoms with van der Waals surface area (Å²) in [4.78, 5) is 0. The molecule has 26 heavy (non-hydrogen) atoms. The Balaban J connectivity index is 0.000000532. The molecule has 0 fully saturated rings. The summed E-state index contributed by atoms with van der Waals surface area (Å²) in [5.41, 5.74) is 2.48. The lowest BCUT2D eigenvalue weighted by atomic mass is 10.0. The monoisotopic (exact) mass is 385 g/mol. The van der Waals surface area contributed by atoms with Gasteiger partial charge in [-0.1, -0.05) is 67.6 Å². The highest BCUT2D eigenvalue weighted by Gasteiger charge is 2.30. The van der Waals surface area contributed by atoms with Crippen molar-refractivity contribution >= 4 is 18.0 Å². The minimum atomic E-state index is -4.25. The van der Waals surface area contributed by atoms with Crippen LogP contribution in [0.5, 0.6) is 0 Å². The molecule has 0 heterocycles. The molecule has 1 N–H and O–H groups in total. The fourth-order valence-corrected chi connectivity index (χ4v) is 2.37. The average molecular weight is 386 g/mol. The van der Waals surface area contributed by atoms with Crippen LogP contribution in [-0.4, -0.2) is 12.6 Å². The minimum absolute atomic E-state index is 0. The zero-order chi connectivity index (χ0) is 18.9. The van der Waals surface area contributed by atoms with Crippen molar-refractivity contribution in [1.29, 1.82) is 0 Å². The second-order valence-corrected chi connectivity index (χ2v) is 6.01. The van der Waals surface area contributed by atoms with Crippen molar-refractivity contribution in [2.24, 2.45) is 0 Å². The predicted molar refractivity (Wildman–Crippen MR) is 107 cm³/mol. The maximum atomic E-state index is 12.4. The lowest BCUT2D eigenvalue weighted by Crippen LogP contribution is -2.27. The van der Waals surface area contributed by atoms with Crippen molar-refractivity contribution < 1.29 is 13.2 Å². The first-order chi connectivity index (χ1) is 11.7. The first-order valence-electron chi connectivity index (χ1n) is 8.34. The van der Waals surface area contributed by atoms with Gasteiger partial charge >= 0.3 is 6.18 Å². The van der Waals surface area contributed by atoms with Gasteiger partial charge in [0.1, 0.15) is 0 Å². The molecule has 0 amide bonds. The maximum absolute atomic E-state index is 12.4. The highest BCUT2D eigenvalue weighted by molar-refractivity contribution is 5.85. The summed E-state index contributed by atoms with van der Waals surface area (Å²) < 4.78 is 37.3. The largest absolute Gasteiger partial charge is 0.416 e. The number of halogens is 4. The standard InChI is InChI=1S/C12H16F3N.C9H10.ClH/c1-3-16-9(2)7-10-5-4-6-11(8-10)12(13,14)15;1-8(2)9-6-4-3-5-7-9;/h4-6,8-9,16H,3,7H2,1-2H3;3-7H,1H2,2H3;1H. The van der Waals surface area contributed by atoms with Gasteiger partial charge in [0.05, 0.1) is 5.56 Å². The van der Waals surface area contributed by atoms with Gasteiger partial charge in [-0.05, 0) is 44.0 Å². The highest BCUT2D eigenvalue weighted by atomic mass is 35.5. The van der Waals surface area contributed by atoms with E-state index < -0.39 is 11.7 Å². The van der Waals surface area contributed by atoms with Crippen LogP contribution in [0.2, 0.25) is 0 Å². The van der Waals surface area contributed by atoms with E-state index >= 15 is 0 Å². The van der Waals surface area contributed by atoms with Crippen molar-refractivity contribution in [3.05, 3.63) is 77.9 Å². The van der Waals surface area contributed by atoms with Gasteiger partial charge in [-0.25, -0.2) is 0 Å². The molecule has 0 aliphatic rings. The van der Waals surface area contributed by atoms with Gasteiger partial charge in [-0.3, -0.25) is 0 Å². The third-order valence-corrected chi connectivity index (χ3v) is 3.62. The van der Waals surface area contributed by atoms with E-state index in [0.717, 1.165) is 18.2 Å². The number of likely N-dealkylation sites (N-methyl/N-ethyl adjacent to an activating group) is 1. The molecule has 0 aliphatic carbocycles. The van der Waals surface area contributed by atoms with Crippen LogP contribution < -0.4 is 5.32 Å². The van der Waals surface area contributed by atoms with E-state index in [1.54, 1.807) is 6.07 Å². The maximum Gasteiger partial charge on any atom is 0.416 e. The van der Waals surface area contributed by atoms with Crippen LogP contribution in [0.15, 0.2) is 61.2 Å². The molecule has 144 valence electrons. The highest BCUT2D eigenvalue weighted by Crippen LogP contribution is 2.29. The Labute approximate surface area is 160 Å². The van der Waals surface area contributed by atoms with Crippen LogP contribution in [0.4, 0.5) is 13.2 Å². The van der Waals surface area contributed by atoms with Gasteiger partial charge in [-0.2, -0.15) is 13.2 Å². The molecule has 0 bridgehead atoms. The Kier molecular flexibility index (Phi) is 11.0. The van der Waals surface area contributed by atoms with Crippen molar-refractivity contribution in [1.82, 2.24) is 5.32 Å². The van der Waals surface area contributed by atoms with Gasteiger partial charge in [-0.15, -0.1) is 12.4 Å². The summed E-state index contributed by atoms with van der Waals surface area (Å²) in [5, 5.41) is 3.17. The van der Waals surface area contributed by atoms with E-state index in [2.05, 4.69) is 24.0 Å². The van der Waals surface area contributed by atoms with E-state index in [-0.39, 0.29) is 18.4 Å². The van der Waals surface area contributed by atoms with E-state index in [1.165, 1.54) is 17.7 Å². The molecule has 0 aliphatic heterocycles. The SMILES string of the molecule is C=C(C)c1ccccc1.CCNC(C)Cc1cccc(C(F)(F)F)c1.Cl. The van der Waals surface area contributed by atoms with Crippen LogP contribution >= 0.6 is 12.4 Å². The van der Waals surface area contributed by atoms with Crippen molar-refractivity contribution in [2.45, 2.75) is 39.4 Å². The fraction of sp³-hybridized carbons (Fsp3) is 0.333. The van der Waals surface area contributed by atoms with E-state index in [1.807, 2.05) is 39.0 Å². The third kappa shape index (κ3) is 9.07. The summed E-state index contributed by atoms with van der Waals surface area (Å²) >= 11 is 0. The molecule has 0 radical (unpaired) electrons. The molecular formula is C21H27ClF3N. The van der Waals surface area contributed by atoms with Gasteiger partial charge < -0.3 is 5.32 Å². The number of allylic oxidation sites excluding steroid dienone is 1. The molecule has 2 aromatic carbocycles. The first kappa shape index (κ1) is 24.2. The van der Waals surface area contributed by atoms with Crippen molar-refractivity contribution in [2.75, 3.05) is 6.54 Å². The van der Waals surface area contributed by atoms with Crippen LogP contribution in [-0.2, 0) is 12.6 Å². The number of rotatable bonds is 5. The summed E-state index contributed by atoms with van der Waals surface area (Å²) in [5.74, 6) is 0. The smallest absolute Gasteiger partial charge is 0.314 e. The Hall–Kier alpha value is -1.78. The predicted octanol–water partition coefficient (Wildman–Crippen LogP) is 6.39. The summed E-state index contributed by atoms with van der Waals surface area (Å²) in [6, 6.07) is 15.8. The number of benzene rings is 2. The Morgan fingerprint density at radius 2 is 1.69 bits per heavy atom. The average Bonchev–Trinajstić information content (AvgIpc) is 2.56. The minimum Gasteiger partial charge on any atom is -0.314 e. The topological polar surface area (TPSA) is 12.0 Å². The molecule has 5 heteroatoms. The van der Waals surface area contributed by atoms with Gasteiger partial charge in [0, 0.05) is 6.04 Å². The van der Waals surface area contributed by atoms with Crippen LogP contribution in [0, 0.1) is 0 Å². The normalized spacial score (nSPS) is 11.6.